The molecule has 0 spiro atoms. The van der Waals surface area contributed by atoms with E-state index in [1.807, 2.05) is 0 Å². The Morgan fingerprint density at radius 1 is 1.17 bits per heavy atom. The number of unbranched alkanes of at least 4 members (excludes halogenated alkanes) is 2. The van der Waals surface area contributed by atoms with Gasteiger partial charge < -0.3 is 15.5 Å². The summed E-state index contributed by atoms with van der Waals surface area (Å²) in [6.45, 7) is 7.77. The third-order valence-corrected chi connectivity index (χ3v) is 4.92. The summed E-state index contributed by atoms with van der Waals surface area (Å²) in [5.41, 5.74) is 0. The molecular formula is C18H34N4O. The molecule has 0 aromatic carbocycles. The molecule has 0 bridgehead atoms. The number of likely N-dealkylation sites (tertiary alicyclic amines) is 1. The van der Waals surface area contributed by atoms with E-state index >= 15 is 0 Å². The Morgan fingerprint density at radius 3 is 2.65 bits per heavy atom. The van der Waals surface area contributed by atoms with Crippen molar-refractivity contribution in [1.29, 1.82) is 0 Å². The highest BCUT2D eigenvalue weighted by atomic mass is 16.2. The third kappa shape index (κ3) is 5.70. The summed E-state index contributed by atoms with van der Waals surface area (Å²) in [5, 5.41) is 6.84. The van der Waals surface area contributed by atoms with E-state index in [-0.39, 0.29) is 0 Å². The van der Waals surface area contributed by atoms with Crippen molar-refractivity contribution < 1.29 is 4.79 Å². The highest BCUT2D eigenvalue weighted by Crippen LogP contribution is 2.27. The maximum absolute atomic E-state index is 12.5. The molecule has 1 aliphatic carbocycles. The van der Waals surface area contributed by atoms with Crippen molar-refractivity contribution in [3.63, 3.8) is 0 Å². The first kappa shape index (κ1) is 18.1. The zero-order valence-corrected chi connectivity index (χ0v) is 14.9. The van der Waals surface area contributed by atoms with Crippen LogP contribution in [0.5, 0.6) is 0 Å². The number of guanidine groups is 1. The molecule has 1 saturated carbocycles. The topological polar surface area (TPSA) is 56.7 Å². The molecule has 2 fully saturated rings. The summed E-state index contributed by atoms with van der Waals surface area (Å²) >= 11 is 0. The molecule has 0 radical (unpaired) electrons. The lowest BCUT2D eigenvalue weighted by molar-refractivity contribution is -0.134. The molecule has 1 aliphatic heterocycles. The summed E-state index contributed by atoms with van der Waals surface area (Å²) in [4.78, 5) is 19.2. The van der Waals surface area contributed by atoms with Crippen LogP contribution in [-0.4, -0.2) is 49.0 Å². The van der Waals surface area contributed by atoms with Crippen LogP contribution in [0.3, 0.4) is 0 Å². The molecule has 5 nitrogen and oxygen atoms in total. The van der Waals surface area contributed by atoms with E-state index in [0.717, 1.165) is 57.8 Å². The van der Waals surface area contributed by atoms with Crippen molar-refractivity contribution in [3.8, 4) is 0 Å². The lowest BCUT2D eigenvalue weighted by Crippen LogP contribution is -2.45. The molecule has 1 heterocycles. The summed E-state index contributed by atoms with van der Waals surface area (Å²) in [6, 6.07) is 0.337. The molecule has 2 N–H and O–H groups in total. The first-order chi connectivity index (χ1) is 11.2. The van der Waals surface area contributed by atoms with Gasteiger partial charge in [0.15, 0.2) is 5.96 Å². The van der Waals surface area contributed by atoms with Crippen LogP contribution in [-0.2, 0) is 4.79 Å². The highest BCUT2D eigenvalue weighted by Gasteiger charge is 2.32. The van der Waals surface area contributed by atoms with Gasteiger partial charge in [-0.2, -0.15) is 0 Å². The molecule has 0 aromatic heterocycles. The molecule has 1 atom stereocenters. The Kier molecular flexibility index (Phi) is 7.69. The maximum Gasteiger partial charge on any atom is 0.225 e. The van der Waals surface area contributed by atoms with Crippen LogP contribution in [0.25, 0.3) is 0 Å². The Bertz CT molecular complexity index is 390. The van der Waals surface area contributed by atoms with Gasteiger partial charge in [0, 0.05) is 38.1 Å². The Hall–Kier alpha value is -1.26. The third-order valence-electron chi connectivity index (χ3n) is 4.92. The predicted molar refractivity (Wildman–Crippen MR) is 95.6 cm³/mol. The van der Waals surface area contributed by atoms with Crippen LogP contribution in [0.15, 0.2) is 4.99 Å². The first-order valence-electron chi connectivity index (χ1n) is 9.58. The Balaban J connectivity index is 1.78. The van der Waals surface area contributed by atoms with Crippen LogP contribution >= 0.6 is 0 Å². The number of carbonyl (C=O) groups is 1. The van der Waals surface area contributed by atoms with E-state index in [9.17, 15) is 4.79 Å². The molecular weight excluding hydrogens is 288 g/mol. The average Bonchev–Trinajstić information content (AvgIpc) is 3.22. The normalized spacial score (nSPS) is 22.6. The van der Waals surface area contributed by atoms with Gasteiger partial charge in [-0.3, -0.25) is 9.79 Å². The summed E-state index contributed by atoms with van der Waals surface area (Å²) in [5.74, 6) is 1.59. The molecule has 1 unspecified atom stereocenters. The molecule has 1 amide bonds. The van der Waals surface area contributed by atoms with Gasteiger partial charge in [-0.15, -0.1) is 0 Å². The quantitative estimate of drug-likeness (QED) is 0.430. The van der Waals surface area contributed by atoms with Crippen molar-refractivity contribution in [1.82, 2.24) is 15.5 Å². The smallest absolute Gasteiger partial charge is 0.225 e. The maximum atomic E-state index is 12.5. The van der Waals surface area contributed by atoms with Crippen molar-refractivity contribution in [2.75, 3.05) is 26.2 Å². The van der Waals surface area contributed by atoms with Crippen molar-refractivity contribution >= 4 is 11.9 Å². The van der Waals surface area contributed by atoms with Gasteiger partial charge in [0.2, 0.25) is 5.91 Å². The Morgan fingerprint density at radius 2 is 1.96 bits per heavy atom. The largest absolute Gasteiger partial charge is 0.357 e. The average molecular weight is 322 g/mol. The van der Waals surface area contributed by atoms with Gasteiger partial charge in [-0.1, -0.05) is 32.6 Å². The molecule has 1 saturated heterocycles. The minimum Gasteiger partial charge on any atom is -0.357 e. The second-order valence-electron chi connectivity index (χ2n) is 6.86. The number of amides is 1. The molecule has 132 valence electrons. The number of nitrogens with one attached hydrogen (secondary N) is 2. The van der Waals surface area contributed by atoms with Crippen LogP contribution in [0.1, 0.15) is 65.2 Å². The van der Waals surface area contributed by atoms with E-state index in [2.05, 4.69) is 34.4 Å². The first-order valence-corrected chi connectivity index (χ1v) is 9.58. The fourth-order valence-corrected chi connectivity index (χ4v) is 3.58. The van der Waals surface area contributed by atoms with Crippen LogP contribution < -0.4 is 10.6 Å². The number of hydrogen-bond acceptors (Lipinski definition) is 2. The molecule has 0 aromatic rings. The van der Waals surface area contributed by atoms with Crippen LogP contribution in [0.2, 0.25) is 0 Å². The second-order valence-corrected chi connectivity index (χ2v) is 6.86. The van der Waals surface area contributed by atoms with E-state index < -0.39 is 0 Å². The van der Waals surface area contributed by atoms with Gasteiger partial charge in [0.25, 0.3) is 0 Å². The van der Waals surface area contributed by atoms with E-state index in [0.29, 0.717) is 17.9 Å². The van der Waals surface area contributed by atoms with Crippen molar-refractivity contribution in [2.45, 2.75) is 71.3 Å². The van der Waals surface area contributed by atoms with Crippen molar-refractivity contribution in [2.24, 2.45) is 10.9 Å². The molecule has 5 heteroatoms. The second kappa shape index (κ2) is 9.78. The lowest BCUT2D eigenvalue weighted by Gasteiger charge is -2.21. The van der Waals surface area contributed by atoms with Gasteiger partial charge >= 0.3 is 0 Å². The number of carbonyl (C=O) groups excluding carboxylic acids is 1. The minimum absolute atomic E-state index is 0.296. The highest BCUT2D eigenvalue weighted by molar-refractivity contribution is 5.81. The monoisotopic (exact) mass is 322 g/mol. The SMILES string of the molecule is CCCCCN=C(NCC)NC1CCN(C(=O)C2CCCC2)C1. The predicted octanol–water partition coefficient (Wildman–Crippen LogP) is 2.52. The molecule has 2 rings (SSSR count). The van der Waals surface area contributed by atoms with Gasteiger partial charge in [-0.05, 0) is 32.6 Å². The van der Waals surface area contributed by atoms with Gasteiger partial charge in [0.1, 0.15) is 0 Å². The van der Waals surface area contributed by atoms with E-state index in [1.165, 1.54) is 25.7 Å². The zero-order chi connectivity index (χ0) is 16.5. The lowest BCUT2D eigenvalue weighted by atomic mass is 10.1. The number of hydrogen-bond donors (Lipinski definition) is 2. The number of nitrogens with zero attached hydrogens (tertiary/aromatic N) is 2. The number of rotatable bonds is 7. The molecule has 23 heavy (non-hydrogen) atoms. The summed E-state index contributed by atoms with van der Waals surface area (Å²) in [6.07, 6.45) is 9.25. The fraction of sp³-hybridized carbons (Fsp3) is 0.889. The van der Waals surface area contributed by atoms with E-state index in [4.69, 9.17) is 0 Å². The van der Waals surface area contributed by atoms with Gasteiger partial charge in [0.05, 0.1) is 0 Å². The zero-order valence-electron chi connectivity index (χ0n) is 14.9. The van der Waals surface area contributed by atoms with Crippen LogP contribution in [0.4, 0.5) is 0 Å². The minimum atomic E-state index is 0.296. The van der Waals surface area contributed by atoms with Crippen molar-refractivity contribution in [3.05, 3.63) is 0 Å². The molecule has 2 aliphatic rings. The van der Waals surface area contributed by atoms with Gasteiger partial charge in [-0.25, -0.2) is 0 Å². The Labute approximate surface area is 141 Å². The summed E-state index contributed by atoms with van der Waals surface area (Å²) in [7, 11) is 0. The fourth-order valence-electron chi connectivity index (χ4n) is 3.58. The summed E-state index contributed by atoms with van der Waals surface area (Å²) < 4.78 is 0. The van der Waals surface area contributed by atoms with E-state index in [1.54, 1.807) is 0 Å². The number of aliphatic imine (C=N–C) groups is 1. The standard InChI is InChI=1S/C18H34N4O/c1-3-5-8-12-20-18(19-4-2)21-16-11-13-22(14-16)17(23)15-9-6-7-10-15/h15-16H,3-14H2,1-2H3,(H2,19,20,21). The van der Waals surface area contributed by atoms with Crippen LogP contribution in [0, 0.1) is 5.92 Å².